The largest absolute Gasteiger partial charge is 0.345 e. The van der Waals surface area contributed by atoms with Gasteiger partial charge in [-0.05, 0) is 31.2 Å². The second-order valence-corrected chi connectivity index (χ2v) is 7.44. The number of benzene rings is 2. The molecule has 0 saturated heterocycles. The first-order chi connectivity index (χ1) is 12.9. The number of nitrogens with one attached hydrogen (secondary N) is 2. The third-order valence-electron chi connectivity index (χ3n) is 3.58. The Morgan fingerprint density at radius 2 is 1.78 bits per heavy atom. The first-order valence-corrected chi connectivity index (χ1v) is 9.78. The molecule has 2 aromatic carbocycles. The van der Waals surface area contributed by atoms with Crippen molar-refractivity contribution >= 4 is 21.7 Å². The van der Waals surface area contributed by atoms with Crippen molar-refractivity contribution in [1.29, 1.82) is 0 Å². The van der Waals surface area contributed by atoms with E-state index >= 15 is 0 Å². The Hall–Kier alpha value is -2.95. The van der Waals surface area contributed by atoms with Gasteiger partial charge in [-0.1, -0.05) is 42.2 Å². The number of hydrogen-bond donors (Lipinski definition) is 2. The molecule has 0 fully saturated rings. The summed E-state index contributed by atoms with van der Waals surface area (Å²) in [4.78, 5) is 23.1. The summed E-state index contributed by atoms with van der Waals surface area (Å²) >= 11 is 0. The third-order valence-corrected chi connectivity index (χ3v) is 5.03. The van der Waals surface area contributed by atoms with E-state index in [-0.39, 0.29) is 36.1 Å². The van der Waals surface area contributed by atoms with Gasteiger partial charge in [0.2, 0.25) is 15.9 Å². The number of amides is 1. The number of rotatable bonds is 7. The SMILES string of the molecule is CC(=O)c1cccc(S(=O)(=O)NCCC(=O)NCC#Cc2ccccc2)c1. The average Bonchev–Trinajstić information content (AvgIpc) is 2.66. The minimum absolute atomic E-state index is 0.00987. The second-order valence-electron chi connectivity index (χ2n) is 5.68. The lowest BCUT2D eigenvalue weighted by Crippen LogP contribution is -2.31. The Bertz CT molecular complexity index is 974. The van der Waals surface area contributed by atoms with E-state index in [1.165, 1.54) is 25.1 Å². The van der Waals surface area contributed by atoms with Gasteiger partial charge in [0.15, 0.2) is 5.78 Å². The molecule has 0 bridgehead atoms. The lowest BCUT2D eigenvalue weighted by Gasteiger charge is -2.07. The van der Waals surface area contributed by atoms with Gasteiger partial charge in [0, 0.05) is 24.1 Å². The van der Waals surface area contributed by atoms with Crippen LogP contribution in [0.5, 0.6) is 0 Å². The van der Waals surface area contributed by atoms with Crippen LogP contribution in [0.1, 0.15) is 29.3 Å². The first kappa shape index (κ1) is 20.4. The van der Waals surface area contributed by atoms with E-state index < -0.39 is 10.0 Å². The monoisotopic (exact) mass is 384 g/mol. The van der Waals surface area contributed by atoms with Crippen LogP contribution < -0.4 is 10.0 Å². The van der Waals surface area contributed by atoms with Gasteiger partial charge >= 0.3 is 0 Å². The van der Waals surface area contributed by atoms with E-state index in [1.54, 1.807) is 6.07 Å². The zero-order chi connectivity index (χ0) is 19.7. The Morgan fingerprint density at radius 3 is 2.48 bits per heavy atom. The van der Waals surface area contributed by atoms with Gasteiger partial charge < -0.3 is 5.32 Å². The maximum Gasteiger partial charge on any atom is 0.240 e. The van der Waals surface area contributed by atoms with Gasteiger partial charge in [0.1, 0.15) is 0 Å². The molecule has 0 aliphatic rings. The number of Topliss-reactive ketones (excluding diaryl/α,β-unsaturated/α-hetero) is 1. The van der Waals surface area contributed by atoms with Crippen LogP contribution in [-0.4, -0.2) is 33.2 Å². The van der Waals surface area contributed by atoms with Crippen molar-refractivity contribution in [2.45, 2.75) is 18.2 Å². The first-order valence-electron chi connectivity index (χ1n) is 8.30. The molecule has 0 aromatic heterocycles. The van der Waals surface area contributed by atoms with Crippen LogP contribution in [0.2, 0.25) is 0 Å². The lowest BCUT2D eigenvalue weighted by molar-refractivity contribution is -0.120. The average molecular weight is 384 g/mol. The molecule has 0 spiro atoms. The quantitative estimate of drug-likeness (QED) is 0.562. The maximum absolute atomic E-state index is 12.2. The Morgan fingerprint density at radius 1 is 1.04 bits per heavy atom. The normalized spacial score (nSPS) is 10.6. The predicted octanol–water partition coefficient (Wildman–Crippen LogP) is 1.73. The fraction of sp³-hybridized carbons (Fsp3) is 0.200. The molecule has 7 heteroatoms. The van der Waals surface area contributed by atoms with Crippen LogP contribution in [0, 0.1) is 11.8 Å². The number of hydrogen-bond acceptors (Lipinski definition) is 4. The van der Waals surface area contributed by atoms with Crippen molar-refractivity contribution in [2.75, 3.05) is 13.1 Å². The van der Waals surface area contributed by atoms with Gasteiger partial charge in [-0.3, -0.25) is 9.59 Å². The molecule has 2 aromatic rings. The Kier molecular flexibility index (Phi) is 7.29. The van der Waals surface area contributed by atoms with E-state index in [0.717, 1.165) is 5.56 Å². The zero-order valence-electron chi connectivity index (χ0n) is 14.9. The van der Waals surface area contributed by atoms with E-state index in [0.29, 0.717) is 5.56 Å². The fourth-order valence-corrected chi connectivity index (χ4v) is 3.24. The van der Waals surface area contributed by atoms with E-state index in [4.69, 9.17) is 0 Å². The van der Waals surface area contributed by atoms with Crippen molar-refractivity contribution in [3.63, 3.8) is 0 Å². The van der Waals surface area contributed by atoms with Gasteiger partial charge in [0.05, 0.1) is 11.4 Å². The second kappa shape index (κ2) is 9.67. The highest BCUT2D eigenvalue weighted by atomic mass is 32.2. The lowest BCUT2D eigenvalue weighted by atomic mass is 10.2. The summed E-state index contributed by atoms with van der Waals surface area (Å²) in [6.07, 6.45) is -0.0152. The van der Waals surface area contributed by atoms with Crippen molar-refractivity contribution in [3.05, 3.63) is 65.7 Å². The third kappa shape index (κ3) is 6.70. The van der Waals surface area contributed by atoms with Crippen LogP contribution in [-0.2, 0) is 14.8 Å². The van der Waals surface area contributed by atoms with Crippen molar-refractivity contribution < 1.29 is 18.0 Å². The van der Waals surface area contributed by atoms with E-state index in [9.17, 15) is 18.0 Å². The minimum atomic E-state index is -3.78. The summed E-state index contributed by atoms with van der Waals surface area (Å²) in [5.41, 5.74) is 1.17. The molecule has 0 atom stereocenters. The van der Waals surface area contributed by atoms with E-state index in [1.807, 2.05) is 30.3 Å². The predicted molar refractivity (Wildman–Crippen MR) is 103 cm³/mol. The molecule has 2 rings (SSSR count). The van der Waals surface area contributed by atoms with Gasteiger partial charge in [-0.2, -0.15) is 0 Å². The van der Waals surface area contributed by atoms with Crippen LogP contribution >= 0.6 is 0 Å². The molecular weight excluding hydrogens is 364 g/mol. The van der Waals surface area contributed by atoms with Crippen molar-refractivity contribution in [1.82, 2.24) is 10.0 Å². The van der Waals surface area contributed by atoms with Crippen LogP contribution in [0.3, 0.4) is 0 Å². The highest BCUT2D eigenvalue weighted by molar-refractivity contribution is 7.89. The molecule has 0 radical (unpaired) electrons. The molecule has 6 nitrogen and oxygen atoms in total. The minimum Gasteiger partial charge on any atom is -0.345 e. The number of carbonyl (C=O) groups is 2. The highest BCUT2D eigenvalue weighted by Crippen LogP contribution is 2.11. The van der Waals surface area contributed by atoms with Gasteiger partial charge in [-0.25, -0.2) is 13.1 Å². The zero-order valence-corrected chi connectivity index (χ0v) is 15.7. The standard InChI is InChI=1S/C20H20N2O4S/c1-16(23)18-10-5-11-19(15-18)27(25,26)22-14-12-20(24)21-13-6-9-17-7-3-2-4-8-17/h2-5,7-8,10-11,15,22H,12-14H2,1H3,(H,21,24). The smallest absolute Gasteiger partial charge is 0.240 e. The molecule has 0 unspecified atom stereocenters. The Balaban J connectivity index is 1.79. The molecule has 0 saturated carbocycles. The molecule has 27 heavy (non-hydrogen) atoms. The number of carbonyl (C=O) groups excluding carboxylic acids is 2. The molecular formula is C20H20N2O4S. The molecule has 0 aliphatic carbocycles. The van der Waals surface area contributed by atoms with Gasteiger partial charge in [0.25, 0.3) is 0 Å². The Labute approximate surface area is 159 Å². The molecule has 2 N–H and O–H groups in total. The maximum atomic E-state index is 12.2. The summed E-state index contributed by atoms with van der Waals surface area (Å²) < 4.78 is 26.8. The van der Waals surface area contributed by atoms with Crippen LogP contribution in [0.25, 0.3) is 0 Å². The van der Waals surface area contributed by atoms with Crippen LogP contribution in [0.15, 0.2) is 59.5 Å². The molecule has 1 amide bonds. The molecule has 0 aliphatic heterocycles. The van der Waals surface area contributed by atoms with E-state index in [2.05, 4.69) is 21.9 Å². The summed E-state index contributed by atoms with van der Waals surface area (Å²) in [7, 11) is -3.78. The molecule has 140 valence electrons. The van der Waals surface area contributed by atoms with Crippen LogP contribution in [0.4, 0.5) is 0 Å². The highest BCUT2D eigenvalue weighted by Gasteiger charge is 2.15. The number of sulfonamides is 1. The van der Waals surface area contributed by atoms with Crippen molar-refractivity contribution in [3.8, 4) is 11.8 Å². The van der Waals surface area contributed by atoms with Crippen molar-refractivity contribution in [2.24, 2.45) is 0 Å². The summed E-state index contributed by atoms with van der Waals surface area (Å²) in [6.45, 7) is 1.50. The summed E-state index contributed by atoms with van der Waals surface area (Å²) in [5.74, 6) is 5.21. The summed E-state index contributed by atoms with van der Waals surface area (Å²) in [5, 5.41) is 2.61. The summed E-state index contributed by atoms with van der Waals surface area (Å²) in [6, 6.07) is 15.1. The number of ketones is 1. The fourth-order valence-electron chi connectivity index (χ4n) is 2.16. The topological polar surface area (TPSA) is 92.3 Å². The van der Waals surface area contributed by atoms with Gasteiger partial charge in [-0.15, -0.1) is 0 Å². The molecule has 0 heterocycles.